The third kappa shape index (κ3) is 2.60. The molecule has 1 aliphatic heterocycles. The van der Waals surface area contributed by atoms with Crippen LogP contribution in [0.2, 0.25) is 0 Å². The summed E-state index contributed by atoms with van der Waals surface area (Å²) in [7, 11) is 0. The highest BCUT2D eigenvalue weighted by molar-refractivity contribution is 6.10. The lowest BCUT2D eigenvalue weighted by molar-refractivity contribution is -0.115. The highest BCUT2D eigenvalue weighted by Crippen LogP contribution is 2.39. The summed E-state index contributed by atoms with van der Waals surface area (Å²) in [5, 5.41) is 9.55. The maximum atomic E-state index is 12.9. The fourth-order valence-corrected chi connectivity index (χ4v) is 3.45. The van der Waals surface area contributed by atoms with Gasteiger partial charge in [-0.05, 0) is 42.4 Å². The lowest BCUT2D eigenvalue weighted by Crippen LogP contribution is -2.43. The van der Waals surface area contributed by atoms with Gasteiger partial charge in [-0.15, -0.1) is 0 Å². The molecular weight excluding hydrogens is 298 g/mol. The zero-order chi connectivity index (χ0) is 17.5. The summed E-state index contributed by atoms with van der Waals surface area (Å²) >= 11 is 0. The van der Waals surface area contributed by atoms with Crippen LogP contribution in [-0.2, 0) is 10.2 Å². The van der Waals surface area contributed by atoms with Gasteiger partial charge in [-0.3, -0.25) is 9.69 Å². The molecule has 1 amide bonds. The zero-order valence-electron chi connectivity index (χ0n) is 14.5. The average Bonchev–Trinajstić information content (AvgIpc) is 2.55. The maximum absolute atomic E-state index is 12.9. The Bertz CT molecular complexity index is 773. The zero-order valence-corrected chi connectivity index (χ0v) is 14.5. The Morgan fingerprint density at radius 3 is 2.50 bits per heavy atom. The summed E-state index contributed by atoms with van der Waals surface area (Å²) in [5.74, 6) is 0.0381. The van der Waals surface area contributed by atoms with Crippen molar-refractivity contribution in [1.29, 1.82) is 5.26 Å². The number of carbonyl (C=O) groups excluding carboxylic acids is 1. The number of amides is 1. The number of hydrogen-bond donors (Lipinski definition) is 1. The number of carbonyl (C=O) groups is 1. The highest BCUT2D eigenvalue weighted by Gasteiger charge is 2.38. The van der Waals surface area contributed by atoms with Crippen LogP contribution in [0.3, 0.4) is 0 Å². The quantitative estimate of drug-likeness (QED) is 0.856. The molecule has 3 rings (SSSR count). The molecule has 1 aromatic rings. The van der Waals surface area contributed by atoms with Gasteiger partial charge in [0.1, 0.15) is 5.82 Å². The van der Waals surface area contributed by atoms with Gasteiger partial charge in [0, 0.05) is 11.5 Å². The highest BCUT2D eigenvalue weighted by atomic mass is 16.2. The molecule has 4 nitrogen and oxygen atoms in total. The second-order valence-corrected chi connectivity index (χ2v) is 7.49. The van der Waals surface area contributed by atoms with E-state index < -0.39 is 0 Å². The number of anilines is 1. The second kappa shape index (κ2) is 5.83. The number of allylic oxidation sites excluding steroid dienone is 2. The summed E-state index contributed by atoms with van der Waals surface area (Å²) in [6.07, 6.45) is 4.65. The first-order chi connectivity index (χ1) is 11.3. The van der Waals surface area contributed by atoms with Crippen molar-refractivity contribution in [1.82, 2.24) is 0 Å². The summed E-state index contributed by atoms with van der Waals surface area (Å²) < 4.78 is 0. The van der Waals surface area contributed by atoms with Crippen molar-refractivity contribution in [2.24, 2.45) is 11.7 Å². The molecule has 2 N–H and O–H groups in total. The van der Waals surface area contributed by atoms with Crippen molar-refractivity contribution in [3.8, 4) is 6.07 Å². The van der Waals surface area contributed by atoms with Gasteiger partial charge in [0.05, 0.1) is 17.3 Å². The minimum Gasteiger partial charge on any atom is -0.384 e. The molecule has 0 fully saturated rings. The number of benzene rings is 1. The molecule has 0 aromatic heterocycles. The molecule has 1 heterocycles. The predicted molar refractivity (Wildman–Crippen MR) is 94.9 cm³/mol. The van der Waals surface area contributed by atoms with Crippen LogP contribution in [0.1, 0.15) is 45.6 Å². The van der Waals surface area contributed by atoms with Gasteiger partial charge >= 0.3 is 0 Å². The van der Waals surface area contributed by atoms with Crippen LogP contribution in [0.25, 0.3) is 0 Å². The molecule has 4 heteroatoms. The summed E-state index contributed by atoms with van der Waals surface area (Å²) in [5.41, 5.74) is 9.39. The first-order valence-electron chi connectivity index (χ1n) is 8.39. The van der Waals surface area contributed by atoms with Crippen LogP contribution >= 0.6 is 0 Å². The molecule has 0 spiro atoms. The SMILES string of the molecule is CC(C)(C)c1ccc(N2C(=O)C3=CCCCC3C(C#N)=C2N)cc1. The van der Waals surface area contributed by atoms with Crippen LogP contribution in [0.15, 0.2) is 47.3 Å². The molecule has 1 aliphatic carbocycles. The Labute approximate surface area is 143 Å². The Hall–Kier alpha value is -2.54. The monoisotopic (exact) mass is 321 g/mol. The van der Waals surface area contributed by atoms with Crippen molar-refractivity contribution >= 4 is 11.6 Å². The first kappa shape index (κ1) is 16.3. The topological polar surface area (TPSA) is 70.1 Å². The number of fused-ring (bicyclic) bond motifs is 1. The molecule has 24 heavy (non-hydrogen) atoms. The van der Waals surface area contributed by atoms with Gasteiger partial charge in [0.2, 0.25) is 0 Å². The smallest absolute Gasteiger partial charge is 0.260 e. The van der Waals surface area contributed by atoms with Gasteiger partial charge in [-0.25, -0.2) is 0 Å². The molecule has 1 unspecified atom stereocenters. The Balaban J connectivity index is 2.07. The van der Waals surface area contributed by atoms with Crippen molar-refractivity contribution < 1.29 is 4.79 Å². The lowest BCUT2D eigenvalue weighted by Gasteiger charge is -2.35. The van der Waals surface area contributed by atoms with Crippen LogP contribution in [0.5, 0.6) is 0 Å². The summed E-state index contributed by atoms with van der Waals surface area (Å²) in [4.78, 5) is 14.4. The molecule has 0 bridgehead atoms. The number of nitriles is 1. The van der Waals surface area contributed by atoms with Crippen molar-refractivity contribution in [3.63, 3.8) is 0 Å². The largest absolute Gasteiger partial charge is 0.384 e. The Kier molecular flexibility index (Phi) is 3.96. The van der Waals surface area contributed by atoms with Gasteiger partial charge in [-0.2, -0.15) is 5.26 Å². The van der Waals surface area contributed by atoms with E-state index >= 15 is 0 Å². The first-order valence-corrected chi connectivity index (χ1v) is 8.39. The number of nitrogens with two attached hydrogens (primary N) is 1. The van der Waals surface area contributed by atoms with Gasteiger partial charge in [-0.1, -0.05) is 39.0 Å². The third-order valence-corrected chi connectivity index (χ3v) is 4.86. The molecule has 1 aromatic carbocycles. The van der Waals surface area contributed by atoms with E-state index in [0.29, 0.717) is 16.8 Å². The van der Waals surface area contributed by atoms with E-state index in [1.165, 1.54) is 10.5 Å². The van der Waals surface area contributed by atoms with E-state index in [0.717, 1.165) is 19.3 Å². The van der Waals surface area contributed by atoms with E-state index in [1.807, 2.05) is 30.3 Å². The minimum absolute atomic E-state index is 0.0423. The average molecular weight is 321 g/mol. The Morgan fingerprint density at radius 1 is 1.25 bits per heavy atom. The van der Waals surface area contributed by atoms with Gasteiger partial charge in [0.25, 0.3) is 5.91 Å². The van der Waals surface area contributed by atoms with Crippen LogP contribution in [0.4, 0.5) is 5.69 Å². The molecule has 2 aliphatic rings. The van der Waals surface area contributed by atoms with Crippen LogP contribution in [0, 0.1) is 17.2 Å². The predicted octanol–water partition coefficient (Wildman–Crippen LogP) is 3.75. The third-order valence-electron chi connectivity index (χ3n) is 4.86. The fourth-order valence-electron chi connectivity index (χ4n) is 3.45. The number of nitrogens with zero attached hydrogens (tertiary/aromatic N) is 2. The standard InChI is InChI=1S/C20H23N3O/c1-20(2,3)13-8-10-14(11-9-13)23-18(22)17(12-21)15-6-4-5-7-16(15)19(23)24/h7-11,15H,4-6,22H2,1-3H3. The van der Waals surface area contributed by atoms with E-state index in [1.54, 1.807) is 0 Å². The van der Waals surface area contributed by atoms with Gasteiger partial charge < -0.3 is 5.73 Å². The van der Waals surface area contributed by atoms with E-state index in [-0.39, 0.29) is 23.1 Å². The van der Waals surface area contributed by atoms with Gasteiger partial charge in [0.15, 0.2) is 0 Å². The Morgan fingerprint density at radius 2 is 1.92 bits per heavy atom. The second-order valence-electron chi connectivity index (χ2n) is 7.49. The molecule has 0 saturated carbocycles. The summed E-state index contributed by atoms with van der Waals surface area (Å²) in [6, 6.07) is 10.1. The summed E-state index contributed by atoms with van der Waals surface area (Å²) in [6.45, 7) is 6.44. The lowest BCUT2D eigenvalue weighted by atomic mass is 9.79. The molecular formula is C20H23N3O. The van der Waals surface area contributed by atoms with Crippen molar-refractivity contribution in [2.45, 2.75) is 45.4 Å². The van der Waals surface area contributed by atoms with Crippen LogP contribution < -0.4 is 10.6 Å². The normalized spacial score (nSPS) is 21.2. The fraction of sp³-hybridized carbons (Fsp3) is 0.400. The van der Waals surface area contributed by atoms with Crippen molar-refractivity contribution in [2.75, 3.05) is 4.90 Å². The van der Waals surface area contributed by atoms with Crippen molar-refractivity contribution in [3.05, 3.63) is 52.9 Å². The van der Waals surface area contributed by atoms with E-state index in [4.69, 9.17) is 5.73 Å². The molecule has 124 valence electrons. The van der Waals surface area contributed by atoms with E-state index in [2.05, 4.69) is 26.8 Å². The maximum Gasteiger partial charge on any atom is 0.260 e. The van der Waals surface area contributed by atoms with E-state index in [9.17, 15) is 10.1 Å². The number of rotatable bonds is 1. The minimum atomic E-state index is -0.138. The molecule has 1 atom stereocenters. The number of hydrogen-bond acceptors (Lipinski definition) is 3. The van der Waals surface area contributed by atoms with Crippen LogP contribution in [-0.4, -0.2) is 5.91 Å². The molecule has 0 radical (unpaired) electrons. The molecule has 0 saturated heterocycles.